The fraction of sp³-hybridized carbons (Fsp3) is 0. The Labute approximate surface area is 216 Å². The van der Waals surface area contributed by atoms with E-state index in [4.69, 9.17) is 14.5 Å². The van der Waals surface area contributed by atoms with Crippen LogP contribution in [0.15, 0.2) is 91.8 Å². The molecule has 0 amide bonds. The molecule has 8 rings (SSSR count). The Morgan fingerprint density at radius 3 is 2.53 bits per heavy atom. The second-order valence-corrected chi connectivity index (χ2v) is 9.11. The maximum Gasteiger partial charge on any atom is 0.261 e. The van der Waals surface area contributed by atoms with Gasteiger partial charge < -0.3 is 9.47 Å². The lowest BCUT2D eigenvalue weighted by Gasteiger charge is -2.33. The van der Waals surface area contributed by atoms with E-state index in [-0.39, 0.29) is 6.71 Å². The number of para-hydroxylation sites is 2. The van der Waals surface area contributed by atoms with Crippen molar-refractivity contribution in [1.29, 1.82) is 5.26 Å². The number of benzene rings is 2. The third kappa shape index (κ3) is 2.85. The first-order chi connectivity index (χ1) is 18.8. The molecule has 6 heterocycles. The van der Waals surface area contributed by atoms with E-state index in [1.165, 1.54) is 0 Å². The van der Waals surface area contributed by atoms with E-state index in [0.717, 1.165) is 33.0 Å². The summed E-state index contributed by atoms with van der Waals surface area (Å²) >= 11 is 0. The van der Waals surface area contributed by atoms with Crippen molar-refractivity contribution in [2.24, 2.45) is 0 Å². The summed E-state index contributed by atoms with van der Waals surface area (Å²) < 4.78 is 15.0. The highest BCUT2D eigenvalue weighted by Crippen LogP contribution is 2.39. The molecule has 2 aliphatic rings. The standard InChI is InChI=1S/C29H15BN6O2/c31-13-17-5-7-18(8-6-17)26-27-20(10-12-33-26)30-19-9-11-32-14-23(19)37-28-25(30)24(38-27)15-34-29(28)36-16-35-21-3-1-2-4-22(21)36/h1-12,14-16H. The van der Waals surface area contributed by atoms with Crippen LogP contribution in [0, 0.1) is 11.3 Å². The molecule has 0 atom stereocenters. The molecule has 0 aliphatic carbocycles. The number of ether oxygens (including phenoxy) is 2. The summed E-state index contributed by atoms with van der Waals surface area (Å²) in [6.07, 6.45) is 8.80. The van der Waals surface area contributed by atoms with Crippen LogP contribution in [0.1, 0.15) is 5.56 Å². The predicted molar refractivity (Wildman–Crippen MR) is 142 cm³/mol. The van der Waals surface area contributed by atoms with E-state index in [9.17, 15) is 5.26 Å². The van der Waals surface area contributed by atoms with Gasteiger partial charge in [0.1, 0.15) is 29.3 Å². The minimum atomic E-state index is -0.174. The first-order valence-corrected chi connectivity index (χ1v) is 12.0. The molecule has 0 unspecified atom stereocenters. The summed E-state index contributed by atoms with van der Waals surface area (Å²) in [5.74, 6) is 3.17. The molecular weight excluding hydrogens is 475 g/mol. The Morgan fingerprint density at radius 2 is 1.63 bits per heavy atom. The Balaban J connectivity index is 1.38. The van der Waals surface area contributed by atoms with Gasteiger partial charge in [0.25, 0.3) is 6.71 Å². The van der Waals surface area contributed by atoms with Gasteiger partial charge in [0, 0.05) is 23.4 Å². The second kappa shape index (κ2) is 7.75. The van der Waals surface area contributed by atoms with Gasteiger partial charge in [0.05, 0.1) is 35.1 Å². The zero-order valence-corrected chi connectivity index (χ0v) is 19.7. The van der Waals surface area contributed by atoms with Gasteiger partial charge in [-0.2, -0.15) is 5.26 Å². The smallest absolute Gasteiger partial charge is 0.261 e. The topological polar surface area (TPSA) is 98.7 Å². The molecule has 0 bridgehead atoms. The molecule has 38 heavy (non-hydrogen) atoms. The first kappa shape index (κ1) is 20.7. The zero-order valence-electron chi connectivity index (χ0n) is 19.7. The number of nitrogens with zero attached hydrogens (tertiary/aromatic N) is 6. The molecule has 2 aromatic carbocycles. The van der Waals surface area contributed by atoms with Crippen molar-refractivity contribution >= 4 is 34.1 Å². The summed E-state index contributed by atoms with van der Waals surface area (Å²) in [4.78, 5) is 18.3. The van der Waals surface area contributed by atoms with E-state index in [0.29, 0.717) is 40.1 Å². The van der Waals surface area contributed by atoms with Gasteiger partial charge in [-0.05, 0) is 47.3 Å². The lowest BCUT2D eigenvalue weighted by Crippen LogP contribution is -2.57. The van der Waals surface area contributed by atoms with Crippen LogP contribution >= 0.6 is 0 Å². The van der Waals surface area contributed by atoms with Gasteiger partial charge in [0.15, 0.2) is 11.6 Å². The Kier molecular flexibility index (Phi) is 4.22. The molecule has 176 valence electrons. The molecule has 8 nitrogen and oxygen atoms in total. The fourth-order valence-electron chi connectivity index (χ4n) is 5.35. The van der Waals surface area contributed by atoms with Crippen molar-refractivity contribution in [3.63, 3.8) is 0 Å². The van der Waals surface area contributed by atoms with Gasteiger partial charge in [0.2, 0.25) is 0 Å². The maximum absolute atomic E-state index is 9.22. The SMILES string of the molecule is N#Cc1ccc(-c2nccc3c2Oc2cnc(-n4cnc5ccccc54)c4c2B3c2ccncc2O4)cc1. The van der Waals surface area contributed by atoms with Crippen LogP contribution in [0.4, 0.5) is 0 Å². The quantitative estimate of drug-likeness (QED) is 0.342. The third-order valence-corrected chi connectivity index (χ3v) is 7.07. The van der Waals surface area contributed by atoms with Crippen molar-refractivity contribution in [2.75, 3.05) is 0 Å². The molecular formula is C29H15BN6O2. The van der Waals surface area contributed by atoms with Crippen molar-refractivity contribution < 1.29 is 9.47 Å². The van der Waals surface area contributed by atoms with E-state index < -0.39 is 0 Å². The van der Waals surface area contributed by atoms with E-state index >= 15 is 0 Å². The highest BCUT2D eigenvalue weighted by Gasteiger charge is 2.43. The Bertz CT molecular complexity index is 1960. The summed E-state index contributed by atoms with van der Waals surface area (Å²) in [5, 5.41) is 9.22. The second-order valence-electron chi connectivity index (χ2n) is 9.11. The molecule has 4 aromatic heterocycles. The number of aromatic nitrogens is 5. The molecule has 0 radical (unpaired) electrons. The van der Waals surface area contributed by atoms with Gasteiger partial charge in [-0.3, -0.25) is 14.5 Å². The summed E-state index contributed by atoms with van der Waals surface area (Å²) in [7, 11) is 0. The highest BCUT2D eigenvalue weighted by atomic mass is 16.5. The van der Waals surface area contributed by atoms with Crippen LogP contribution in [-0.2, 0) is 0 Å². The van der Waals surface area contributed by atoms with Crippen LogP contribution in [0.5, 0.6) is 23.0 Å². The number of hydrogen-bond acceptors (Lipinski definition) is 7. The molecule has 0 saturated heterocycles. The molecule has 9 heteroatoms. The van der Waals surface area contributed by atoms with Crippen molar-refractivity contribution in [2.45, 2.75) is 0 Å². The Morgan fingerprint density at radius 1 is 0.789 bits per heavy atom. The zero-order chi connectivity index (χ0) is 25.2. The summed E-state index contributed by atoms with van der Waals surface area (Å²) in [5.41, 5.74) is 6.80. The molecule has 0 saturated carbocycles. The van der Waals surface area contributed by atoms with Gasteiger partial charge in [-0.25, -0.2) is 9.97 Å². The highest BCUT2D eigenvalue weighted by molar-refractivity contribution is 6.98. The molecule has 0 spiro atoms. The van der Waals surface area contributed by atoms with Gasteiger partial charge >= 0.3 is 0 Å². The van der Waals surface area contributed by atoms with Crippen molar-refractivity contribution in [1.82, 2.24) is 24.5 Å². The minimum absolute atomic E-state index is 0.174. The molecule has 0 fully saturated rings. The first-order valence-electron chi connectivity index (χ1n) is 12.0. The van der Waals surface area contributed by atoms with Crippen LogP contribution in [0.2, 0.25) is 0 Å². The van der Waals surface area contributed by atoms with E-state index in [1.54, 1.807) is 43.2 Å². The summed E-state index contributed by atoms with van der Waals surface area (Å²) in [6.45, 7) is -0.174. The average Bonchev–Trinajstić information content (AvgIpc) is 3.41. The number of hydrogen-bond donors (Lipinski definition) is 0. The third-order valence-electron chi connectivity index (χ3n) is 7.07. The van der Waals surface area contributed by atoms with Crippen LogP contribution in [0.3, 0.4) is 0 Å². The Hall–Kier alpha value is -5.49. The molecule has 0 N–H and O–H groups in total. The molecule has 2 aliphatic heterocycles. The average molecular weight is 490 g/mol. The van der Waals surface area contributed by atoms with E-state index in [1.807, 2.05) is 53.1 Å². The lowest BCUT2D eigenvalue weighted by molar-refractivity contribution is 0.457. The molecule has 6 aromatic rings. The van der Waals surface area contributed by atoms with Gasteiger partial charge in [-0.1, -0.05) is 24.3 Å². The van der Waals surface area contributed by atoms with Gasteiger partial charge in [-0.15, -0.1) is 0 Å². The number of fused-ring (bicyclic) bond motifs is 5. The van der Waals surface area contributed by atoms with Crippen LogP contribution in [-0.4, -0.2) is 31.2 Å². The predicted octanol–water partition coefficient (Wildman–Crippen LogP) is 3.48. The fourth-order valence-corrected chi connectivity index (χ4v) is 5.35. The van der Waals surface area contributed by atoms with Crippen molar-refractivity contribution in [3.8, 4) is 46.1 Å². The van der Waals surface area contributed by atoms with Crippen molar-refractivity contribution in [3.05, 3.63) is 97.3 Å². The maximum atomic E-state index is 9.22. The normalized spacial score (nSPS) is 12.6. The minimum Gasteiger partial charge on any atom is -0.454 e. The van der Waals surface area contributed by atoms with E-state index in [2.05, 4.69) is 21.0 Å². The number of rotatable bonds is 2. The largest absolute Gasteiger partial charge is 0.454 e. The number of imidazole rings is 1. The lowest BCUT2D eigenvalue weighted by atomic mass is 9.35. The summed E-state index contributed by atoms with van der Waals surface area (Å²) in [6, 6.07) is 21.4. The van der Waals surface area contributed by atoms with Crippen LogP contribution in [0.25, 0.3) is 28.1 Å². The van der Waals surface area contributed by atoms with Crippen LogP contribution < -0.4 is 25.9 Å². The number of nitriles is 1. The monoisotopic (exact) mass is 490 g/mol. The number of pyridine rings is 3.